The SMILES string of the molecule is COCCn1c(S[C@H](C)C(=O)Nc2ccc(C#N)cc2)nnc1-c1ccncc1. The van der Waals surface area contributed by atoms with Gasteiger partial charge < -0.3 is 10.1 Å². The number of carbonyl (C=O) groups is 1. The van der Waals surface area contributed by atoms with Crippen LogP contribution in [0.25, 0.3) is 11.4 Å². The molecule has 0 aliphatic carbocycles. The molecule has 1 aromatic carbocycles. The van der Waals surface area contributed by atoms with Gasteiger partial charge in [0.2, 0.25) is 5.91 Å². The molecule has 0 spiro atoms. The Bertz CT molecular complexity index is 998. The maximum Gasteiger partial charge on any atom is 0.237 e. The first-order valence-electron chi connectivity index (χ1n) is 8.92. The van der Waals surface area contributed by atoms with Gasteiger partial charge in [0, 0.05) is 30.8 Å². The highest BCUT2D eigenvalue weighted by Gasteiger charge is 2.21. The Kier molecular flexibility index (Phi) is 6.94. The average Bonchev–Trinajstić information content (AvgIpc) is 3.15. The van der Waals surface area contributed by atoms with Gasteiger partial charge in [-0.1, -0.05) is 11.8 Å². The Morgan fingerprint density at radius 2 is 1.97 bits per heavy atom. The van der Waals surface area contributed by atoms with Crippen molar-refractivity contribution in [2.75, 3.05) is 19.0 Å². The molecule has 0 bridgehead atoms. The molecule has 2 heterocycles. The smallest absolute Gasteiger partial charge is 0.237 e. The van der Waals surface area contributed by atoms with Crippen molar-refractivity contribution in [2.45, 2.75) is 23.9 Å². The summed E-state index contributed by atoms with van der Waals surface area (Å²) in [4.78, 5) is 16.6. The number of hydrogen-bond donors (Lipinski definition) is 1. The van der Waals surface area contributed by atoms with E-state index in [1.54, 1.807) is 43.8 Å². The first kappa shape index (κ1) is 20.5. The number of pyridine rings is 1. The molecule has 9 heteroatoms. The van der Waals surface area contributed by atoms with Crippen molar-refractivity contribution in [3.05, 3.63) is 54.4 Å². The van der Waals surface area contributed by atoms with Gasteiger partial charge in [0.05, 0.1) is 30.0 Å². The molecule has 148 valence electrons. The van der Waals surface area contributed by atoms with E-state index in [2.05, 4.69) is 26.6 Å². The number of rotatable bonds is 8. The van der Waals surface area contributed by atoms with Gasteiger partial charge in [0.25, 0.3) is 0 Å². The maximum atomic E-state index is 12.6. The standard InChI is InChI=1S/C20H20N6O2S/c1-14(19(27)23-17-5-3-15(13-21)4-6-17)29-20-25-24-18(26(20)11-12-28-2)16-7-9-22-10-8-16/h3-10,14H,11-12H2,1-2H3,(H,23,27)/t14-/m1/s1. The Morgan fingerprint density at radius 1 is 1.24 bits per heavy atom. The molecule has 1 amide bonds. The summed E-state index contributed by atoms with van der Waals surface area (Å²) < 4.78 is 7.15. The lowest BCUT2D eigenvalue weighted by molar-refractivity contribution is -0.115. The third-order valence-electron chi connectivity index (χ3n) is 4.11. The first-order chi connectivity index (χ1) is 14.1. The van der Waals surface area contributed by atoms with Gasteiger partial charge in [0.1, 0.15) is 0 Å². The second kappa shape index (κ2) is 9.82. The summed E-state index contributed by atoms with van der Waals surface area (Å²) in [5.41, 5.74) is 2.07. The van der Waals surface area contributed by atoms with Gasteiger partial charge in [0.15, 0.2) is 11.0 Å². The molecule has 29 heavy (non-hydrogen) atoms. The van der Waals surface area contributed by atoms with Crippen LogP contribution in [0.1, 0.15) is 12.5 Å². The molecule has 1 atom stereocenters. The van der Waals surface area contributed by atoms with Crippen molar-refractivity contribution in [2.24, 2.45) is 0 Å². The number of carbonyl (C=O) groups excluding carboxylic acids is 1. The van der Waals surface area contributed by atoms with E-state index >= 15 is 0 Å². The van der Waals surface area contributed by atoms with Crippen molar-refractivity contribution in [3.63, 3.8) is 0 Å². The van der Waals surface area contributed by atoms with E-state index in [9.17, 15) is 4.79 Å². The quantitative estimate of drug-likeness (QED) is 0.571. The van der Waals surface area contributed by atoms with E-state index in [4.69, 9.17) is 10.00 Å². The van der Waals surface area contributed by atoms with Crippen LogP contribution in [-0.4, -0.2) is 44.6 Å². The highest BCUT2D eigenvalue weighted by molar-refractivity contribution is 8.00. The van der Waals surface area contributed by atoms with Crippen molar-refractivity contribution in [1.82, 2.24) is 19.7 Å². The summed E-state index contributed by atoms with van der Waals surface area (Å²) >= 11 is 1.32. The lowest BCUT2D eigenvalue weighted by Gasteiger charge is -2.13. The van der Waals surface area contributed by atoms with Gasteiger partial charge in [-0.05, 0) is 43.3 Å². The number of ether oxygens (including phenoxy) is 1. The zero-order valence-corrected chi connectivity index (χ0v) is 16.9. The third kappa shape index (κ3) is 5.19. The molecule has 3 aromatic rings. The summed E-state index contributed by atoms with van der Waals surface area (Å²) in [5, 5.41) is 20.5. The lowest BCUT2D eigenvalue weighted by atomic mass is 10.2. The van der Waals surface area contributed by atoms with Gasteiger partial charge >= 0.3 is 0 Å². The minimum absolute atomic E-state index is 0.161. The van der Waals surface area contributed by atoms with E-state index in [1.165, 1.54) is 11.8 Å². The fraction of sp³-hybridized carbons (Fsp3) is 0.250. The molecular formula is C20H20N6O2S. The maximum absolute atomic E-state index is 12.6. The number of benzene rings is 1. The summed E-state index contributed by atoms with van der Waals surface area (Å²) in [7, 11) is 1.64. The molecule has 1 N–H and O–H groups in total. The number of hydrogen-bond acceptors (Lipinski definition) is 7. The number of anilines is 1. The Morgan fingerprint density at radius 3 is 2.62 bits per heavy atom. The van der Waals surface area contributed by atoms with Crippen LogP contribution in [-0.2, 0) is 16.1 Å². The highest BCUT2D eigenvalue weighted by Crippen LogP contribution is 2.27. The zero-order valence-electron chi connectivity index (χ0n) is 16.1. The minimum Gasteiger partial charge on any atom is -0.383 e. The number of amides is 1. The molecule has 8 nitrogen and oxygen atoms in total. The summed E-state index contributed by atoms with van der Waals surface area (Å²) in [6, 6.07) is 12.5. The predicted molar refractivity (Wildman–Crippen MR) is 110 cm³/mol. The molecule has 0 aliphatic heterocycles. The fourth-order valence-corrected chi connectivity index (χ4v) is 3.43. The van der Waals surface area contributed by atoms with E-state index in [0.29, 0.717) is 35.4 Å². The third-order valence-corrected chi connectivity index (χ3v) is 5.19. The van der Waals surface area contributed by atoms with Gasteiger partial charge in [-0.3, -0.25) is 14.3 Å². The van der Waals surface area contributed by atoms with Crippen LogP contribution in [0.15, 0.2) is 53.9 Å². The number of aromatic nitrogens is 4. The number of thioether (sulfide) groups is 1. The molecule has 2 aromatic heterocycles. The number of methoxy groups -OCH3 is 1. The van der Waals surface area contributed by atoms with Crippen LogP contribution in [0.4, 0.5) is 5.69 Å². The molecule has 3 rings (SSSR count). The van der Waals surface area contributed by atoms with Crippen LogP contribution >= 0.6 is 11.8 Å². The molecule has 0 saturated heterocycles. The predicted octanol–water partition coefficient (Wildman–Crippen LogP) is 2.98. The zero-order chi connectivity index (χ0) is 20.6. The number of nitrogens with zero attached hydrogens (tertiary/aromatic N) is 5. The molecule has 0 unspecified atom stereocenters. The number of nitrogens with one attached hydrogen (secondary N) is 1. The number of nitriles is 1. The summed E-state index contributed by atoms with van der Waals surface area (Å²) in [5.74, 6) is 0.540. The minimum atomic E-state index is -0.401. The van der Waals surface area contributed by atoms with Crippen molar-refractivity contribution in [1.29, 1.82) is 5.26 Å². The Labute approximate surface area is 172 Å². The second-order valence-corrected chi connectivity index (χ2v) is 7.43. The molecule has 0 radical (unpaired) electrons. The molecule has 0 fully saturated rings. The summed E-state index contributed by atoms with van der Waals surface area (Å²) in [6.07, 6.45) is 3.40. The Balaban J connectivity index is 1.74. The monoisotopic (exact) mass is 408 g/mol. The van der Waals surface area contributed by atoms with E-state index in [0.717, 1.165) is 5.56 Å². The summed E-state index contributed by atoms with van der Waals surface area (Å²) in [6.45, 7) is 2.87. The van der Waals surface area contributed by atoms with Gasteiger partial charge in [-0.25, -0.2) is 0 Å². The lowest BCUT2D eigenvalue weighted by Crippen LogP contribution is -2.23. The molecular weight excluding hydrogens is 388 g/mol. The van der Waals surface area contributed by atoms with Crippen molar-refractivity contribution < 1.29 is 9.53 Å². The first-order valence-corrected chi connectivity index (χ1v) is 9.80. The van der Waals surface area contributed by atoms with Crippen molar-refractivity contribution >= 4 is 23.4 Å². The van der Waals surface area contributed by atoms with Gasteiger partial charge in [-0.15, -0.1) is 10.2 Å². The second-order valence-electron chi connectivity index (χ2n) is 6.12. The van der Waals surface area contributed by atoms with E-state index in [-0.39, 0.29) is 5.91 Å². The average molecular weight is 408 g/mol. The van der Waals surface area contributed by atoms with Crippen molar-refractivity contribution in [3.8, 4) is 17.5 Å². The van der Waals surface area contributed by atoms with E-state index < -0.39 is 5.25 Å². The Hall–Kier alpha value is -3.22. The van der Waals surface area contributed by atoms with Gasteiger partial charge in [-0.2, -0.15) is 5.26 Å². The molecule has 0 saturated carbocycles. The van der Waals surface area contributed by atoms with Crippen LogP contribution in [0.5, 0.6) is 0 Å². The highest BCUT2D eigenvalue weighted by atomic mass is 32.2. The normalized spacial score (nSPS) is 11.6. The molecule has 0 aliphatic rings. The van der Waals surface area contributed by atoms with Crippen LogP contribution in [0.3, 0.4) is 0 Å². The van der Waals surface area contributed by atoms with Crippen LogP contribution in [0.2, 0.25) is 0 Å². The fourth-order valence-electron chi connectivity index (χ4n) is 2.56. The van der Waals surface area contributed by atoms with Crippen LogP contribution < -0.4 is 5.32 Å². The largest absolute Gasteiger partial charge is 0.383 e. The topological polar surface area (TPSA) is 106 Å². The van der Waals surface area contributed by atoms with E-state index in [1.807, 2.05) is 23.6 Å². The van der Waals surface area contributed by atoms with Crippen LogP contribution in [0, 0.1) is 11.3 Å².